The molecule has 1 heterocycles. The van der Waals surface area contributed by atoms with Crippen LogP contribution in [-0.2, 0) is 7.05 Å². The highest BCUT2D eigenvalue weighted by atomic mass is 35.5. The normalized spacial score (nSPS) is 11.6. The van der Waals surface area contributed by atoms with Crippen LogP contribution in [0.15, 0.2) is 42.5 Å². The molecule has 1 unspecified atom stereocenters. The van der Waals surface area contributed by atoms with E-state index in [1.165, 1.54) is 0 Å². The second kappa shape index (κ2) is 7.86. The van der Waals surface area contributed by atoms with Crippen LogP contribution >= 0.6 is 12.4 Å². The molecule has 1 amide bonds. The maximum Gasteiger partial charge on any atom is 0.267 e. The molecule has 1 aromatic heterocycles. The van der Waals surface area contributed by atoms with Gasteiger partial charge in [0.2, 0.25) is 0 Å². The lowest BCUT2D eigenvalue weighted by Gasteiger charge is -2.12. The second-order valence-corrected chi connectivity index (χ2v) is 4.93. The summed E-state index contributed by atoms with van der Waals surface area (Å²) >= 11 is 0. The molecule has 0 aliphatic carbocycles. The van der Waals surface area contributed by atoms with E-state index < -0.39 is 0 Å². The van der Waals surface area contributed by atoms with Gasteiger partial charge in [-0.25, -0.2) is 0 Å². The summed E-state index contributed by atoms with van der Waals surface area (Å²) in [6.07, 6.45) is 0. The fraction of sp³-hybridized carbons (Fsp3) is 0.312. The quantitative estimate of drug-likeness (QED) is 0.891. The predicted octanol–water partition coefficient (Wildman–Crippen LogP) is 2.45. The molecule has 0 fully saturated rings. The molecule has 2 N–H and O–H groups in total. The van der Waals surface area contributed by atoms with Crippen LogP contribution in [0, 0.1) is 0 Å². The van der Waals surface area contributed by atoms with E-state index in [1.54, 1.807) is 0 Å². The SMILES string of the molecule is CNC(C)CNC(=O)c1ccc(-c2ccccc2)n1C.Cl. The first kappa shape index (κ1) is 17.3. The highest BCUT2D eigenvalue weighted by molar-refractivity contribution is 5.93. The van der Waals surface area contributed by atoms with Gasteiger partial charge in [-0.1, -0.05) is 30.3 Å². The molecule has 1 atom stereocenters. The Bertz CT molecular complexity index is 580. The third-order valence-corrected chi connectivity index (χ3v) is 3.49. The fourth-order valence-corrected chi connectivity index (χ4v) is 2.08. The third kappa shape index (κ3) is 4.09. The van der Waals surface area contributed by atoms with E-state index in [1.807, 2.05) is 68.1 Å². The van der Waals surface area contributed by atoms with Gasteiger partial charge in [0.25, 0.3) is 5.91 Å². The molecule has 0 spiro atoms. The number of rotatable bonds is 5. The number of benzene rings is 1. The lowest BCUT2D eigenvalue weighted by atomic mass is 10.2. The summed E-state index contributed by atoms with van der Waals surface area (Å²) in [5.41, 5.74) is 2.82. The number of carbonyl (C=O) groups excluding carboxylic acids is 1. The van der Waals surface area contributed by atoms with Crippen molar-refractivity contribution >= 4 is 18.3 Å². The van der Waals surface area contributed by atoms with Crippen LogP contribution in [0.25, 0.3) is 11.3 Å². The standard InChI is InChI=1S/C16H21N3O.ClH/c1-12(17-2)11-18-16(20)15-10-9-14(19(15)3)13-7-5-4-6-8-13;/h4-10,12,17H,11H2,1-3H3,(H,18,20);1H. The van der Waals surface area contributed by atoms with Crippen molar-refractivity contribution in [3.05, 3.63) is 48.2 Å². The molecule has 2 aromatic rings. The van der Waals surface area contributed by atoms with Crippen molar-refractivity contribution in [2.45, 2.75) is 13.0 Å². The molecular weight excluding hydrogens is 286 g/mol. The second-order valence-electron chi connectivity index (χ2n) is 4.93. The van der Waals surface area contributed by atoms with E-state index in [2.05, 4.69) is 10.6 Å². The molecule has 1 aromatic carbocycles. The van der Waals surface area contributed by atoms with Gasteiger partial charge >= 0.3 is 0 Å². The highest BCUT2D eigenvalue weighted by Crippen LogP contribution is 2.21. The summed E-state index contributed by atoms with van der Waals surface area (Å²) in [5.74, 6) is -0.0446. The Hall–Kier alpha value is -1.78. The van der Waals surface area contributed by atoms with Crippen LogP contribution in [0.3, 0.4) is 0 Å². The molecule has 0 aliphatic rings. The van der Waals surface area contributed by atoms with Crippen LogP contribution < -0.4 is 10.6 Å². The first-order chi connectivity index (χ1) is 9.63. The summed E-state index contributed by atoms with van der Waals surface area (Å²) in [5, 5.41) is 6.03. The minimum atomic E-state index is -0.0446. The van der Waals surface area contributed by atoms with Gasteiger partial charge in [-0.2, -0.15) is 0 Å². The number of aromatic nitrogens is 1. The van der Waals surface area contributed by atoms with Crippen molar-refractivity contribution in [2.24, 2.45) is 7.05 Å². The van der Waals surface area contributed by atoms with Gasteiger partial charge in [-0.15, -0.1) is 12.4 Å². The number of amides is 1. The summed E-state index contributed by atoms with van der Waals surface area (Å²) < 4.78 is 1.93. The lowest BCUT2D eigenvalue weighted by Crippen LogP contribution is -2.37. The monoisotopic (exact) mass is 307 g/mol. The zero-order valence-corrected chi connectivity index (χ0v) is 13.4. The summed E-state index contributed by atoms with van der Waals surface area (Å²) in [6.45, 7) is 2.64. The van der Waals surface area contributed by atoms with E-state index in [0.29, 0.717) is 12.2 Å². The first-order valence-corrected chi connectivity index (χ1v) is 6.80. The number of carbonyl (C=O) groups is 1. The number of likely N-dealkylation sites (N-methyl/N-ethyl adjacent to an activating group) is 1. The lowest BCUT2D eigenvalue weighted by molar-refractivity contribution is 0.0942. The number of nitrogens with one attached hydrogen (secondary N) is 2. The molecule has 4 nitrogen and oxygen atoms in total. The molecule has 0 saturated heterocycles. The van der Waals surface area contributed by atoms with Crippen molar-refractivity contribution < 1.29 is 4.79 Å². The van der Waals surface area contributed by atoms with Crippen LogP contribution in [-0.4, -0.2) is 30.1 Å². The highest BCUT2D eigenvalue weighted by Gasteiger charge is 2.13. The number of hydrogen-bond donors (Lipinski definition) is 2. The Morgan fingerprint density at radius 1 is 1.19 bits per heavy atom. The van der Waals surface area contributed by atoms with Gasteiger partial charge in [-0.3, -0.25) is 4.79 Å². The van der Waals surface area contributed by atoms with Crippen LogP contribution in [0.5, 0.6) is 0 Å². The fourth-order valence-electron chi connectivity index (χ4n) is 2.08. The molecule has 0 radical (unpaired) electrons. The molecule has 0 saturated carbocycles. The average Bonchev–Trinajstić information content (AvgIpc) is 2.87. The molecule has 2 rings (SSSR count). The molecule has 21 heavy (non-hydrogen) atoms. The molecule has 5 heteroatoms. The summed E-state index contributed by atoms with van der Waals surface area (Å²) in [7, 11) is 3.80. The Kier molecular flexibility index (Phi) is 6.46. The van der Waals surface area contributed by atoms with Crippen molar-refractivity contribution in [3.63, 3.8) is 0 Å². The zero-order valence-electron chi connectivity index (χ0n) is 12.6. The molecular formula is C16H22ClN3O. The van der Waals surface area contributed by atoms with E-state index in [-0.39, 0.29) is 24.4 Å². The van der Waals surface area contributed by atoms with Crippen molar-refractivity contribution in [1.82, 2.24) is 15.2 Å². The van der Waals surface area contributed by atoms with E-state index in [0.717, 1.165) is 11.3 Å². The number of hydrogen-bond acceptors (Lipinski definition) is 2. The topological polar surface area (TPSA) is 46.1 Å². The van der Waals surface area contributed by atoms with Crippen molar-refractivity contribution in [1.29, 1.82) is 0 Å². The van der Waals surface area contributed by atoms with Crippen LogP contribution in [0.2, 0.25) is 0 Å². The number of halogens is 1. The smallest absolute Gasteiger partial charge is 0.267 e. The van der Waals surface area contributed by atoms with Gasteiger partial charge < -0.3 is 15.2 Å². The molecule has 0 bridgehead atoms. The van der Waals surface area contributed by atoms with E-state index in [9.17, 15) is 4.79 Å². The Morgan fingerprint density at radius 3 is 2.48 bits per heavy atom. The van der Waals surface area contributed by atoms with Crippen LogP contribution in [0.4, 0.5) is 0 Å². The predicted molar refractivity (Wildman–Crippen MR) is 89.0 cm³/mol. The summed E-state index contributed by atoms with van der Waals surface area (Å²) in [4.78, 5) is 12.2. The van der Waals surface area contributed by atoms with Crippen molar-refractivity contribution in [2.75, 3.05) is 13.6 Å². The van der Waals surface area contributed by atoms with Gasteiger partial charge in [-0.05, 0) is 31.7 Å². The minimum absolute atomic E-state index is 0. The summed E-state index contributed by atoms with van der Waals surface area (Å²) in [6, 6.07) is 14.2. The molecule has 114 valence electrons. The van der Waals surface area contributed by atoms with Crippen LogP contribution in [0.1, 0.15) is 17.4 Å². The van der Waals surface area contributed by atoms with Gasteiger partial charge in [0.15, 0.2) is 0 Å². The Morgan fingerprint density at radius 2 is 1.86 bits per heavy atom. The number of nitrogens with zero attached hydrogens (tertiary/aromatic N) is 1. The molecule has 0 aliphatic heterocycles. The maximum atomic E-state index is 12.2. The van der Waals surface area contributed by atoms with Crippen molar-refractivity contribution in [3.8, 4) is 11.3 Å². The van der Waals surface area contributed by atoms with Gasteiger partial charge in [0.05, 0.1) is 0 Å². The third-order valence-electron chi connectivity index (χ3n) is 3.49. The van der Waals surface area contributed by atoms with Gasteiger partial charge in [0, 0.05) is 25.3 Å². The Labute approximate surface area is 132 Å². The maximum absolute atomic E-state index is 12.2. The van der Waals surface area contributed by atoms with E-state index in [4.69, 9.17) is 0 Å². The van der Waals surface area contributed by atoms with Gasteiger partial charge in [0.1, 0.15) is 5.69 Å². The largest absolute Gasteiger partial charge is 0.349 e. The Balaban J connectivity index is 0.00000220. The minimum Gasteiger partial charge on any atom is -0.349 e. The first-order valence-electron chi connectivity index (χ1n) is 6.80. The average molecular weight is 308 g/mol. The zero-order chi connectivity index (χ0) is 14.5. The van der Waals surface area contributed by atoms with E-state index >= 15 is 0 Å².